The number of carbonyl (C=O) groups is 1. The van der Waals surface area contributed by atoms with Crippen LogP contribution in [-0.4, -0.2) is 24.1 Å². The van der Waals surface area contributed by atoms with Gasteiger partial charge in [0, 0.05) is 34.0 Å². The van der Waals surface area contributed by atoms with Crippen molar-refractivity contribution < 1.29 is 9.53 Å². The standard InChI is InChI=1S/C13H13BrN2O2/c1-18-13(17)11-5-9-8-3-2-7(14)4-10(8)16-12(9)6-15-11/h2-4,11,15-16H,5-6H2,1H3/t11-/m0/s1. The Bertz CT molecular complexity index is 621. The first kappa shape index (κ1) is 11.7. The van der Waals surface area contributed by atoms with Gasteiger partial charge in [0.15, 0.2) is 0 Å². The van der Waals surface area contributed by atoms with Crippen molar-refractivity contribution in [3.8, 4) is 0 Å². The second-order valence-corrected chi connectivity index (χ2v) is 5.35. The van der Waals surface area contributed by atoms with Crippen molar-refractivity contribution >= 4 is 32.8 Å². The first-order valence-electron chi connectivity index (χ1n) is 5.79. The Morgan fingerprint density at radius 1 is 1.50 bits per heavy atom. The number of esters is 1. The number of aromatic nitrogens is 1. The number of halogens is 1. The van der Waals surface area contributed by atoms with Crippen LogP contribution in [0.2, 0.25) is 0 Å². The quantitative estimate of drug-likeness (QED) is 0.793. The summed E-state index contributed by atoms with van der Waals surface area (Å²) in [4.78, 5) is 15.0. The highest BCUT2D eigenvalue weighted by Gasteiger charge is 2.27. The summed E-state index contributed by atoms with van der Waals surface area (Å²) < 4.78 is 5.84. The summed E-state index contributed by atoms with van der Waals surface area (Å²) in [5.41, 5.74) is 3.47. The van der Waals surface area contributed by atoms with Crippen LogP contribution < -0.4 is 5.32 Å². The largest absolute Gasteiger partial charge is 0.468 e. The number of ether oxygens (including phenoxy) is 1. The van der Waals surface area contributed by atoms with Crippen LogP contribution in [0.15, 0.2) is 22.7 Å². The van der Waals surface area contributed by atoms with Crippen molar-refractivity contribution in [1.29, 1.82) is 0 Å². The lowest BCUT2D eigenvalue weighted by atomic mass is 9.99. The molecule has 0 amide bonds. The number of H-pyrrole nitrogens is 1. The molecule has 0 spiro atoms. The number of rotatable bonds is 1. The summed E-state index contributed by atoms with van der Waals surface area (Å²) in [6.45, 7) is 0.668. The van der Waals surface area contributed by atoms with Gasteiger partial charge in [-0.1, -0.05) is 22.0 Å². The molecule has 0 saturated carbocycles. The molecule has 0 bridgehead atoms. The molecule has 1 aliphatic heterocycles. The maximum absolute atomic E-state index is 11.6. The van der Waals surface area contributed by atoms with E-state index >= 15 is 0 Å². The Morgan fingerprint density at radius 2 is 2.33 bits per heavy atom. The molecule has 0 radical (unpaired) electrons. The average Bonchev–Trinajstić information content (AvgIpc) is 2.74. The SMILES string of the molecule is COC(=O)[C@@H]1Cc2c([nH]c3cc(Br)ccc23)CN1. The number of hydrogen-bond acceptors (Lipinski definition) is 3. The molecule has 0 unspecified atom stereocenters. The number of carbonyl (C=O) groups excluding carboxylic acids is 1. The van der Waals surface area contributed by atoms with Gasteiger partial charge in [-0.05, 0) is 17.7 Å². The van der Waals surface area contributed by atoms with Gasteiger partial charge in [0.25, 0.3) is 0 Å². The van der Waals surface area contributed by atoms with Gasteiger partial charge in [0.1, 0.15) is 6.04 Å². The molecular weight excluding hydrogens is 296 g/mol. The van der Waals surface area contributed by atoms with E-state index in [1.165, 1.54) is 18.1 Å². The van der Waals surface area contributed by atoms with E-state index < -0.39 is 0 Å². The molecule has 4 nitrogen and oxygen atoms in total. The first-order valence-corrected chi connectivity index (χ1v) is 6.58. The van der Waals surface area contributed by atoms with E-state index in [1.807, 2.05) is 6.07 Å². The minimum atomic E-state index is -0.245. The van der Waals surface area contributed by atoms with Crippen molar-refractivity contribution in [3.05, 3.63) is 33.9 Å². The minimum Gasteiger partial charge on any atom is -0.468 e. The summed E-state index contributed by atoms with van der Waals surface area (Å²) in [5.74, 6) is -0.202. The van der Waals surface area contributed by atoms with Crippen LogP contribution in [0.1, 0.15) is 11.3 Å². The number of fused-ring (bicyclic) bond motifs is 3. The van der Waals surface area contributed by atoms with Gasteiger partial charge in [-0.15, -0.1) is 0 Å². The highest BCUT2D eigenvalue weighted by molar-refractivity contribution is 9.10. The number of hydrogen-bond donors (Lipinski definition) is 2. The first-order chi connectivity index (χ1) is 8.69. The molecule has 1 aromatic heterocycles. The second kappa shape index (κ2) is 4.40. The monoisotopic (exact) mass is 308 g/mol. The Hall–Kier alpha value is -1.33. The summed E-state index contributed by atoms with van der Waals surface area (Å²) in [6, 6.07) is 5.91. The number of aromatic amines is 1. The fourth-order valence-corrected chi connectivity index (χ4v) is 2.84. The Morgan fingerprint density at radius 3 is 3.11 bits per heavy atom. The van der Waals surface area contributed by atoms with Crippen LogP contribution in [-0.2, 0) is 22.5 Å². The molecular formula is C13H13BrN2O2. The smallest absolute Gasteiger partial charge is 0.323 e. The zero-order valence-electron chi connectivity index (χ0n) is 9.92. The van der Waals surface area contributed by atoms with E-state index in [0.717, 1.165) is 15.7 Å². The van der Waals surface area contributed by atoms with E-state index in [4.69, 9.17) is 4.74 Å². The molecule has 0 fully saturated rings. The van der Waals surface area contributed by atoms with E-state index in [2.05, 4.69) is 38.4 Å². The lowest BCUT2D eigenvalue weighted by molar-refractivity contribution is -0.143. The highest BCUT2D eigenvalue weighted by atomic mass is 79.9. The molecule has 1 aromatic carbocycles. The van der Waals surface area contributed by atoms with Gasteiger partial charge >= 0.3 is 5.97 Å². The van der Waals surface area contributed by atoms with Gasteiger partial charge in [0.05, 0.1) is 7.11 Å². The Labute approximate surface area is 113 Å². The molecule has 1 atom stereocenters. The fraction of sp³-hybridized carbons (Fsp3) is 0.308. The molecule has 0 aliphatic carbocycles. The lowest BCUT2D eigenvalue weighted by Gasteiger charge is -2.21. The average molecular weight is 309 g/mol. The zero-order valence-corrected chi connectivity index (χ0v) is 11.5. The fourth-order valence-electron chi connectivity index (χ4n) is 2.48. The number of benzene rings is 1. The maximum Gasteiger partial charge on any atom is 0.323 e. The van der Waals surface area contributed by atoms with Crippen LogP contribution in [0, 0.1) is 0 Å². The maximum atomic E-state index is 11.6. The Balaban J connectivity index is 2.04. The molecule has 0 saturated heterocycles. The molecule has 94 valence electrons. The van der Waals surface area contributed by atoms with Gasteiger partial charge in [-0.2, -0.15) is 0 Å². The third-order valence-electron chi connectivity index (χ3n) is 3.38. The molecule has 3 rings (SSSR count). The van der Waals surface area contributed by atoms with Gasteiger partial charge in [-0.25, -0.2) is 0 Å². The molecule has 2 heterocycles. The summed E-state index contributed by atoms with van der Waals surface area (Å²) in [6.07, 6.45) is 0.670. The van der Waals surface area contributed by atoms with Gasteiger partial charge in [0.2, 0.25) is 0 Å². The van der Waals surface area contributed by atoms with Crippen molar-refractivity contribution in [2.75, 3.05) is 7.11 Å². The molecule has 1 aliphatic rings. The van der Waals surface area contributed by atoms with Crippen LogP contribution in [0.5, 0.6) is 0 Å². The normalized spacial score (nSPS) is 18.7. The third-order valence-corrected chi connectivity index (χ3v) is 3.87. The summed E-state index contributed by atoms with van der Waals surface area (Å²) >= 11 is 3.46. The van der Waals surface area contributed by atoms with E-state index in [9.17, 15) is 4.79 Å². The molecule has 2 N–H and O–H groups in total. The van der Waals surface area contributed by atoms with Crippen molar-refractivity contribution in [2.45, 2.75) is 19.0 Å². The molecule has 5 heteroatoms. The summed E-state index contributed by atoms with van der Waals surface area (Å²) in [5, 5.41) is 4.37. The highest BCUT2D eigenvalue weighted by Crippen LogP contribution is 2.28. The van der Waals surface area contributed by atoms with Crippen LogP contribution in [0.3, 0.4) is 0 Å². The minimum absolute atomic E-state index is 0.202. The Kier molecular flexibility index (Phi) is 2.87. The molecule has 2 aromatic rings. The summed E-state index contributed by atoms with van der Waals surface area (Å²) in [7, 11) is 1.42. The molecule has 18 heavy (non-hydrogen) atoms. The van der Waals surface area contributed by atoms with E-state index in [0.29, 0.717) is 13.0 Å². The van der Waals surface area contributed by atoms with Crippen LogP contribution >= 0.6 is 15.9 Å². The van der Waals surface area contributed by atoms with Crippen molar-refractivity contribution in [3.63, 3.8) is 0 Å². The van der Waals surface area contributed by atoms with Crippen LogP contribution in [0.4, 0.5) is 0 Å². The predicted molar refractivity (Wildman–Crippen MR) is 72.3 cm³/mol. The van der Waals surface area contributed by atoms with Crippen molar-refractivity contribution in [2.24, 2.45) is 0 Å². The van der Waals surface area contributed by atoms with E-state index in [-0.39, 0.29) is 12.0 Å². The van der Waals surface area contributed by atoms with Gasteiger partial charge in [-0.3, -0.25) is 10.1 Å². The third kappa shape index (κ3) is 1.83. The van der Waals surface area contributed by atoms with Crippen molar-refractivity contribution in [1.82, 2.24) is 10.3 Å². The number of methoxy groups -OCH3 is 1. The number of nitrogens with one attached hydrogen (secondary N) is 2. The lowest BCUT2D eigenvalue weighted by Crippen LogP contribution is -2.42. The van der Waals surface area contributed by atoms with Gasteiger partial charge < -0.3 is 9.72 Å². The van der Waals surface area contributed by atoms with E-state index in [1.54, 1.807) is 0 Å². The predicted octanol–water partition coefficient (Wildman–Crippen LogP) is 2.12. The topological polar surface area (TPSA) is 54.1 Å². The zero-order chi connectivity index (χ0) is 12.7. The van der Waals surface area contributed by atoms with Crippen LogP contribution in [0.25, 0.3) is 10.9 Å². The second-order valence-electron chi connectivity index (χ2n) is 4.43.